The molecule has 0 saturated heterocycles. The highest BCUT2D eigenvalue weighted by Crippen LogP contribution is 2.32. The van der Waals surface area contributed by atoms with E-state index in [4.69, 9.17) is 0 Å². The van der Waals surface area contributed by atoms with Crippen molar-refractivity contribution in [3.05, 3.63) is 93.2 Å². The number of H-pyrrole nitrogens is 1. The monoisotopic (exact) mass is 566 g/mol. The highest BCUT2D eigenvalue weighted by Gasteiger charge is 2.31. The number of hydrogen-bond donors (Lipinski definition) is 3. The fourth-order valence-electron chi connectivity index (χ4n) is 3.88. The van der Waals surface area contributed by atoms with Crippen molar-refractivity contribution in [1.82, 2.24) is 40.8 Å². The number of nitrogens with zero attached hydrogens (tertiary/aromatic N) is 5. The van der Waals surface area contributed by atoms with Gasteiger partial charge >= 0.3 is 5.69 Å². The number of amides is 2. The number of hydrogen-bond acceptors (Lipinski definition) is 8. The Balaban J connectivity index is 0.00000118. The molecular weight excluding hydrogens is 539 g/mol. The van der Waals surface area contributed by atoms with Gasteiger partial charge in [0.25, 0.3) is 11.8 Å². The van der Waals surface area contributed by atoms with Crippen LogP contribution in [0.2, 0.25) is 0 Å². The van der Waals surface area contributed by atoms with Gasteiger partial charge in [0, 0.05) is 17.5 Å². The molecule has 12 nitrogen and oxygen atoms in total. The number of nitrogens with one attached hydrogen (secondary N) is 3. The summed E-state index contributed by atoms with van der Waals surface area (Å²) in [4.78, 5) is 45.6. The third-order valence-electron chi connectivity index (χ3n) is 5.77. The molecule has 14 heteroatoms. The second-order valence-corrected chi connectivity index (χ2v) is 10.4. The third-order valence-corrected chi connectivity index (χ3v) is 7.25. The van der Waals surface area contributed by atoms with E-state index in [2.05, 4.69) is 50.0 Å². The average molecular weight is 567 g/mol. The fraction of sp³-hybridized carbons (Fsp3) is 0.269. The summed E-state index contributed by atoms with van der Waals surface area (Å²) < 4.78 is 27.2. The summed E-state index contributed by atoms with van der Waals surface area (Å²) in [5.74, 6) is -1.30. The molecule has 3 heterocycles. The number of fused-ring (bicyclic) bond motifs is 1. The van der Waals surface area contributed by atoms with Gasteiger partial charge in [-0.1, -0.05) is 38.5 Å². The first-order valence-electron chi connectivity index (χ1n) is 12.4. The first kappa shape index (κ1) is 28.4. The van der Waals surface area contributed by atoms with Crippen LogP contribution in [0.15, 0.2) is 58.5 Å². The van der Waals surface area contributed by atoms with Crippen molar-refractivity contribution in [1.29, 1.82) is 0 Å². The van der Waals surface area contributed by atoms with Crippen LogP contribution in [0, 0.1) is 12.7 Å². The molecule has 40 heavy (non-hydrogen) atoms. The minimum Gasteiger partial charge on any atom is -0.347 e. The quantitative estimate of drug-likeness (QED) is 0.319. The maximum atomic E-state index is 13.4. The molecule has 2 amide bonds. The Morgan fingerprint density at radius 3 is 2.50 bits per heavy atom. The van der Waals surface area contributed by atoms with Crippen molar-refractivity contribution in [3.63, 3.8) is 0 Å². The summed E-state index contributed by atoms with van der Waals surface area (Å²) in [6, 6.07) is 10.1. The summed E-state index contributed by atoms with van der Waals surface area (Å²) in [5.41, 5.74) is 1.60. The van der Waals surface area contributed by atoms with Crippen molar-refractivity contribution in [2.24, 2.45) is 0 Å². The lowest BCUT2D eigenvalue weighted by molar-refractivity contribution is 0.0935. The van der Waals surface area contributed by atoms with Crippen molar-refractivity contribution >= 4 is 22.6 Å². The largest absolute Gasteiger partial charge is 0.365 e. The Bertz CT molecular complexity index is 1640. The summed E-state index contributed by atoms with van der Waals surface area (Å²) in [6.45, 7) is 6.03. The predicted octanol–water partition coefficient (Wildman–Crippen LogP) is 2.13. The highest BCUT2D eigenvalue weighted by atomic mass is 32.2. The second kappa shape index (κ2) is 12.5. The number of carbonyl (C=O) groups excluding carboxylic acids is 2. The lowest BCUT2D eigenvalue weighted by Gasteiger charge is -2.13. The SMILES string of the molecule is CCC.Cc1cc(CNC(=O)c2cc(C(=O)NC3CS(=O)c4cc(-n5nn[nH]c5=O)ccc43)ncn2)ccc1F. The number of halogens is 1. The molecule has 0 spiro atoms. The molecule has 3 N–H and O–H groups in total. The number of aromatic nitrogens is 6. The second-order valence-electron chi connectivity index (χ2n) is 8.94. The smallest absolute Gasteiger partial charge is 0.347 e. The van der Waals surface area contributed by atoms with Crippen LogP contribution in [0.3, 0.4) is 0 Å². The number of tetrazole rings is 1. The van der Waals surface area contributed by atoms with Crippen LogP contribution in [0.5, 0.6) is 0 Å². The summed E-state index contributed by atoms with van der Waals surface area (Å²) in [5, 5.41) is 14.8. The molecule has 0 bridgehead atoms. The minimum absolute atomic E-state index is 0.0166. The van der Waals surface area contributed by atoms with Gasteiger partial charge in [0.05, 0.1) is 28.3 Å². The normalized spacial score (nSPS) is 15.5. The third kappa shape index (κ3) is 6.34. The van der Waals surface area contributed by atoms with Gasteiger partial charge in [-0.25, -0.2) is 24.3 Å². The molecule has 2 aromatic carbocycles. The summed E-state index contributed by atoms with van der Waals surface area (Å²) in [7, 11) is -1.42. The highest BCUT2D eigenvalue weighted by molar-refractivity contribution is 7.85. The molecule has 0 saturated carbocycles. The molecule has 0 radical (unpaired) electrons. The van der Waals surface area contributed by atoms with Gasteiger partial charge < -0.3 is 10.6 Å². The van der Waals surface area contributed by atoms with Crippen LogP contribution in [0.25, 0.3) is 5.69 Å². The van der Waals surface area contributed by atoms with Gasteiger partial charge in [-0.15, -0.1) is 0 Å². The molecule has 0 aliphatic carbocycles. The topological polar surface area (TPSA) is 165 Å². The van der Waals surface area contributed by atoms with Gasteiger partial charge in [-0.3, -0.25) is 13.8 Å². The lowest BCUT2D eigenvalue weighted by atomic mass is 10.1. The van der Waals surface area contributed by atoms with E-state index in [1.807, 2.05) is 0 Å². The van der Waals surface area contributed by atoms with Crippen molar-refractivity contribution in [2.45, 2.75) is 44.7 Å². The molecule has 2 atom stereocenters. The zero-order valence-corrected chi connectivity index (χ0v) is 22.8. The number of benzene rings is 2. The number of aromatic amines is 1. The molecule has 0 fully saturated rings. The van der Waals surface area contributed by atoms with Crippen LogP contribution in [0.1, 0.15) is 64.0 Å². The zero-order valence-electron chi connectivity index (χ0n) is 22.0. The Hall–Kier alpha value is -4.59. The lowest BCUT2D eigenvalue weighted by Crippen LogP contribution is -2.30. The first-order chi connectivity index (χ1) is 19.2. The maximum Gasteiger partial charge on any atom is 0.365 e. The number of carbonyl (C=O) groups is 2. The van der Waals surface area contributed by atoms with Gasteiger partial charge in [0.15, 0.2) is 0 Å². The van der Waals surface area contributed by atoms with E-state index in [9.17, 15) is 23.0 Å². The van der Waals surface area contributed by atoms with Crippen LogP contribution in [0.4, 0.5) is 4.39 Å². The Morgan fingerprint density at radius 1 is 1.10 bits per heavy atom. The van der Waals surface area contributed by atoms with Gasteiger partial charge in [0.1, 0.15) is 23.5 Å². The van der Waals surface area contributed by atoms with E-state index in [1.54, 1.807) is 37.3 Å². The van der Waals surface area contributed by atoms with E-state index in [0.717, 1.165) is 11.0 Å². The van der Waals surface area contributed by atoms with Gasteiger partial charge in [0.2, 0.25) is 0 Å². The van der Waals surface area contributed by atoms with Crippen LogP contribution < -0.4 is 16.3 Å². The molecule has 4 aromatic rings. The molecule has 5 rings (SSSR count). The van der Waals surface area contributed by atoms with Crippen LogP contribution in [-0.4, -0.2) is 52.0 Å². The molecule has 208 valence electrons. The van der Waals surface area contributed by atoms with E-state index < -0.39 is 34.3 Å². The Morgan fingerprint density at radius 2 is 1.82 bits per heavy atom. The van der Waals surface area contributed by atoms with E-state index in [0.29, 0.717) is 27.3 Å². The van der Waals surface area contributed by atoms with Gasteiger partial charge in [-0.05, 0) is 52.2 Å². The molecule has 1 aliphatic heterocycles. The molecular formula is C26H27FN8O4S. The fourth-order valence-corrected chi connectivity index (χ4v) is 5.35. The zero-order chi connectivity index (χ0) is 28.8. The molecule has 2 unspecified atom stereocenters. The minimum atomic E-state index is -1.42. The van der Waals surface area contributed by atoms with Crippen molar-refractivity contribution < 1.29 is 18.2 Å². The first-order valence-corrected chi connectivity index (χ1v) is 13.7. The number of rotatable bonds is 6. The maximum absolute atomic E-state index is 13.4. The van der Waals surface area contributed by atoms with Crippen molar-refractivity contribution in [3.8, 4) is 5.69 Å². The van der Waals surface area contributed by atoms with E-state index in [-0.39, 0.29) is 29.5 Å². The standard InChI is InChI=1S/C23H19FN8O4S.C3H8/c1-12-6-13(2-5-16(12)24)9-25-21(33)17-8-18(27-11-26-17)22(34)28-19-10-37(36)20-7-14(3-4-15(19)20)32-23(35)29-30-31-32;1-3-2/h2-8,11,19H,9-10H2,1H3,(H,25,33)(H,28,34)(H,29,31,35);3H2,1-2H3. The van der Waals surface area contributed by atoms with Gasteiger partial charge in [-0.2, -0.15) is 4.68 Å². The molecule has 2 aromatic heterocycles. The summed E-state index contributed by atoms with van der Waals surface area (Å²) >= 11 is 0. The molecule has 1 aliphatic rings. The van der Waals surface area contributed by atoms with Crippen molar-refractivity contribution in [2.75, 3.05) is 5.75 Å². The van der Waals surface area contributed by atoms with E-state index >= 15 is 0 Å². The summed E-state index contributed by atoms with van der Waals surface area (Å²) in [6.07, 6.45) is 2.36. The Labute approximate surface area is 230 Å². The van der Waals surface area contributed by atoms with E-state index in [1.165, 1.54) is 18.6 Å². The number of aryl methyl sites for hydroxylation is 1. The average Bonchev–Trinajstić information content (AvgIpc) is 3.51. The predicted molar refractivity (Wildman–Crippen MR) is 144 cm³/mol. The van der Waals surface area contributed by atoms with Crippen LogP contribution in [-0.2, 0) is 17.3 Å². The van der Waals surface area contributed by atoms with Crippen LogP contribution >= 0.6 is 0 Å². The Kier molecular flexibility index (Phi) is 8.89.